The Bertz CT molecular complexity index is 323. The van der Waals surface area contributed by atoms with E-state index in [0.29, 0.717) is 12.4 Å². The van der Waals surface area contributed by atoms with Crippen LogP contribution in [0.4, 0.5) is 0 Å². The molecule has 1 atom stereocenters. The number of benzene rings is 1. The summed E-state index contributed by atoms with van der Waals surface area (Å²) < 4.78 is 10.7. The second kappa shape index (κ2) is 6.38. The maximum atomic E-state index is 9.43. The zero-order valence-electron chi connectivity index (χ0n) is 10.2. The van der Waals surface area contributed by atoms with E-state index in [-0.39, 0.29) is 11.9 Å². The lowest BCUT2D eigenvalue weighted by molar-refractivity contribution is 0.0470. The Kier molecular flexibility index (Phi) is 5.12. The highest BCUT2D eigenvalue weighted by Crippen LogP contribution is 2.26. The van der Waals surface area contributed by atoms with Gasteiger partial charge in [0.2, 0.25) is 0 Å². The second-order valence-corrected chi connectivity index (χ2v) is 3.92. The van der Waals surface area contributed by atoms with Crippen molar-refractivity contribution in [3.8, 4) is 11.5 Å². The molecule has 0 aliphatic carbocycles. The van der Waals surface area contributed by atoms with Crippen molar-refractivity contribution in [2.24, 2.45) is 0 Å². The molecule has 0 spiro atoms. The van der Waals surface area contributed by atoms with E-state index in [4.69, 9.17) is 9.47 Å². The summed E-state index contributed by atoms with van der Waals surface area (Å²) >= 11 is 0. The average molecular weight is 224 g/mol. The predicted molar refractivity (Wildman–Crippen MR) is 63.8 cm³/mol. The molecule has 90 valence electrons. The predicted octanol–water partition coefficient (Wildman–Crippen LogP) is 3.11. The third-order valence-electron chi connectivity index (χ3n) is 2.47. The Labute approximate surface area is 97.0 Å². The van der Waals surface area contributed by atoms with Crippen LogP contribution in [0.25, 0.3) is 0 Å². The molecule has 1 unspecified atom stereocenters. The molecule has 0 aliphatic rings. The van der Waals surface area contributed by atoms with Crippen molar-refractivity contribution < 1.29 is 14.6 Å². The van der Waals surface area contributed by atoms with Crippen LogP contribution in [0.3, 0.4) is 0 Å². The van der Waals surface area contributed by atoms with Crippen molar-refractivity contribution >= 4 is 0 Å². The largest absolute Gasteiger partial charge is 0.504 e. The molecule has 0 aromatic heterocycles. The van der Waals surface area contributed by atoms with Crippen molar-refractivity contribution in [3.05, 3.63) is 23.8 Å². The number of ether oxygens (including phenoxy) is 2. The monoisotopic (exact) mass is 224 g/mol. The molecule has 0 amide bonds. The molecule has 0 fully saturated rings. The van der Waals surface area contributed by atoms with Crippen molar-refractivity contribution in [3.63, 3.8) is 0 Å². The summed E-state index contributed by atoms with van der Waals surface area (Å²) in [6.07, 6.45) is 2.46. The van der Waals surface area contributed by atoms with Gasteiger partial charge in [-0.05, 0) is 31.0 Å². The molecular weight excluding hydrogens is 204 g/mol. The van der Waals surface area contributed by atoms with Crippen LogP contribution >= 0.6 is 0 Å². The summed E-state index contributed by atoms with van der Waals surface area (Å²) in [6, 6.07) is 5.27. The van der Waals surface area contributed by atoms with Gasteiger partial charge in [0.15, 0.2) is 11.5 Å². The Morgan fingerprint density at radius 1 is 1.38 bits per heavy atom. The second-order valence-electron chi connectivity index (χ2n) is 3.92. The van der Waals surface area contributed by atoms with E-state index in [0.717, 1.165) is 18.4 Å². The molecule has 0 saturated carbocycles. The van der Waals surface area contributed by atoms with E-state index in [9.17, 15) is 5.11 Å². The Morgan fingerprint density at radius 2 is 2.12 bits per heavy atom. The third-order valence-corrected chi connectivity index (χ3v) is 2.47. The summed E-state index contributed by atoms with van der Waals surface area (Å²) in [5, 5.41) is 9.43. The van der Waals surface area contributed by atoms with Gasteiger partial charge in [-0.1, -0.05) is 19.4 Å². The van der Waals surface area contributed by atoms with E-state index in [1.54, 1.807) is 19.2 Å². The van der Waals surface area contributed by atoms with E-state index < -0.39 is 0 Å². The summed E-state index contributed by atoms with van der Waals surface area (Å²) in [6.45, 7) is 4.77. The van der Waals surface area contributed by atoms with Crippen LogP contribution in [0, 0.1) is 0 Å². The molecule has 0 aliphatic heterocycles. The fourth-order valence-corrected chi connectivity index (χ4v) is 1.54. The zero-order valence-corrected chi connectivity index (χ0v) is 10.2. The summed E-state index contributed by atoms with van der Waals surface area (Å²) in [7, 11) is 1.54. The maximum Gasteiger partial charge on any atom is 0.160 e. The lowest BCUT2D eigenvalue weighted by Gasteiger charge is -2.12. The topological polar surface area (TPSA) is 38.7 Å². The molecule has 0 saturated heterocycles. The summed E-state index contributed by atoms with van der Waals surface area (Å²) in [4.78, 5) is 0. The number of phenolic OH excluding ortho intramolecular Hbond substituents is 1. The van der Waals surface area contributed by atoms with Gasteiger partial charge in [-0.25, -0.2) is 0 Å². The minimum atomic E-state index is 0.160. The first-order chi connectivity index (χ1) is 7.67. The first-order valence-corrected chi connectivity index (χ1v) is 5.64. The molecule has 1 N–H and O–H groups in total. The van der Waals surface area contributed by atoms with E-state index in [1.807, 2.05) is 6.07 Å². The van der Waals surface area contributed by atoms with Gasteiger partial charge in [-0.3, -0.25) is 0 Å². The molecule has 0 radical (unpaired) electrons. The fraction of sp³-hybridized carbons (Fsp3) is 0.538. The Hall–Kier alpha value is -1.22. The van der Waals surface area contributed by atoms with Crippen LogP contribution in [-0.2, 0) is 11.3 Å². The number of aromatic hydroxyl groups is 1. The number of hydrogen-bond donors (Lipinski definition) is 1. The van der Waals surface area contributed by atoms with Gasteiger partial charge in [0.25, 0.3) is 0 Å². The van der Waals surface area contributed by atoms with Crippen LogP contribution < -0.4 is 4.74 Å². The van der Waals surface area contributed by atoms with Gasteiger partial charge in [0, 0.05) is 0 Å². The molecule has 3 nitrogen and oxygen atoms in total. The lowest BCUT2D eigenvalue weighted by atomic mass is 10.2. The Morgan fingerprint density at radius 3 is 2.75 bits per heavy atom. The van der Waals surface area contributed by atoms with E-state index >= 15 is 0 Å². The fourth-order valence-electron chi connectivity index (χ4n) is 1.54. The number of rotatable bonds is 6. The van der Waals surface area contributed by atoms with Crippen LogP contribution in [0.15, 0.2) is 18.2 Å². The molecule has 0 heterocycles. The average Bonchev–Trinajstić information content (AvgIpc) is 2.28. The molecule has 0 bridgehead atoms. The van der Waals surface area contributed by atoms with E-state index in [1.165, 1.54) is 0 Å². The standard InChI is InChI=1S/C13H20O3/c1-4-5-10(2)16-9-11-6-7-12(14)13(8-11)15-3/h6-8,10,14H,4-5,9H2,1-3H3. The molecule has 1 aromatic rings. The van der Waals surface area contributed by atoms with E-state index in [2.05, 4.69) is 13.8 Å². The highest BCUT2D eigenvalue weighted by Gasteiger charge is 2.05. The maximum absolute atomic E-state index is 9.43. The van der Waals surface area contributed by atoms with Crippen LogP contribution in [0.5, 0.6) is 11.5 Å². The van der Waals surface area contributed by atoms with Gasteiger partial charge >= 0.3 is 0 Å². The first-order valence-electron chi connectivity index (χ1n) is 5.64. The summed E-state index contributed by atoms with van der Waals surface area (Å²) in [5.41, 5.74) is 1.01. The number of hydrogen-bond acceptors (Lipinski definition) is 3. The molecule has 1 aromatic carbocycles. The van der Waals surface area contributed by atoms with Crippen molar-refractivity contribution in [1.82, 2.24) is 0 Å². The van der Waals surface area contributed by atoms with Gasteiger partial charge in [0.1, 0.15) is 0 Å². The molecular formula is C13H20O3. The Balaban J connectivity index is 2.54. The van der Waals surface area contributed by atoms with Gasteiger partial charge in [-0.15, -0.1) is 0 Å². The van der Waals surface area contributed by atoms with Crippen molar-refractivity contribution in [1.29, 1.82) is 0 Å². The number of phenols is 1. The highest BCUT2D eigenvalue weighted by molar-refractivity contribution is 5.41. The van der Waals surface area contributed by atoms with Gasteiger partial charge < -0.3 is 14.6 Å². The first kappa shape index (κ1) is 12.8. The van der Waals surface area contributed by atoms with Crippen LogP contribution in [-0.4, -0.2) is 18.3 Å². The normalized spacial score (nSPS) is 12.4. The minimum absolute atomic E-state index is 0.160. The van der Waals surface area contributed by atoms with Crippen molar-refractivity contribution in [2.45, 2.75) is 39.4 Å². The quantitative estimate of drug-likeness (QED) is 0.807. The SMILES string of the molecule is CCCC(C)OCc1ccc(O)c(OC)c1. The van der Waals surface area contributed by atoms with Crippen LogP contribution in [0.1, 0.15) is 32.3 Å². The molecule has 16 heavy (non-hydrogen) atoms. The minimum Gasteiger partial charge on any atom is -0.504 e. The zero-order chi connectivity index (χ0) is 12.0. The third kappa shape index (κ3) is 3.74. The molecule has 1 rings (SSSR count). The lowest BCUT2D eigenvalue weighted by Crippen LogP contribution is -2.07. The van der Waals surface area contributed by atoms with Gasteiger partial charge in [-0.2, -0.15) is 0 Å². The molecule has 3 heteroatoms. The van der Waals surface area contributed by atoms with Gasteiger partial charge in [0.05, 0.1) is 19.8 Å². The van der Waals surface area contributed by atoms with Crippen molar-refractivity contribution in [2.75, 3.05) is 7.11 Å². The summed E-state index contributed by atoms with van der Waals surface area (Å²) in [5.74, 6) is 0.650. The highest BCUT2D eigenvalue weighted by atomic mass is 16.5. The smallest absolute Gasteiger partial charge is 0.160 e. The number of methoxy groups -OCH3 is 1. The van der Waals surface area contributed by atoms with Crippen LogP contribution in [0.2, 0.25) is 0 Å².